The minimum absolute atomic E-state index is 0. The maximum Gasteiger partial charge on any atom is 0.239 e. The molecule has 3 N–H and O–H groups in total. The van der Waals surface area contributed by atoms with Gasteiger partial charge in [-0.05, 0) is 49.9 Å². The van der Waals surface area contributed by atoms with Gasteiger partial charge in [-0.3, -0.25) is 9.59 Å². The fourth-order valence-corrected chi connectivity index (χ4v) is 3.92. The normalized spacial score (nSPS) is 25.8. The zero-order valence-corrected chi connectivity index (χ0v) is 16.0. The van der Waals surface area contributed by atoms with E-state index in [1.54, 1.807) is 23.1 Å². The van der Waals surface area contributed by atoms with Crippen molar-refractivity contribution in [3.05, 3.63) is 28.2 Å². The van der Waals surface area contributed by atoms with E-state index in [0.717, 1.165) is 19.3 Å². The van der Waals surface area contributed by atoms with Gasteiger partial charge >= 0.3 is 0 Å². The highest BCUT2D eigenvalue weighted by Crippen LogP contribution is 2.31. The van der Waals surface area contributed by atoms with Crippen LogP contribution in [0.4, 0.5) is 5.69 Å². The summed E-state index contributed by atoms with van der Waals surface area (Å²) < 4.78 is 0. The van der Waals surface area contributed by atoms with Crippen molar-refractivity contribution in [1.29, 1.82) is 0 Å². The molecule has 1 aromatic carbocycles. The molecule has 0 spiro atoms. The molecule has 25 heavy (non-hydrogen) atoms. The van der Waals surface area contributed by atoms with Crippen LogP contribution in [0.3, 0.4) is 0 Å². The predicted molar refractivity (Wildman–Crippen MR) is 102 cm³/mol. The van der Waals surface area contributed by atoms with Crippen LogP contribution >= 0.6 is 35.6 Å². The molecule has 138 valence electrons. The topological polar surface area (TPSA) is 75.4 Å². The summed E-state index contributed by atoms with van der Waals surface area (Å²) in [5.41, 5.74) is 6.43. The van der Waals surface area contributed by atoms with Gasteiger partial charge in [0.25, 0.3) is 0 Å². The van der Waals surface area contributed by atoms with Crippen LogP contribution in [-0.2, 0) is 9.59 Å². The molecular weight excluding hydrogens is 385 g/mol. The number of carbonyl (C=O) groups is 2. The quantitative estimate of drug-likeness (QED) is 0.755. The molecular formula is C17H22Cl3N3O2. The highest BCUT2D eigenvalue weighted by molar-refractivity contribution is 6.42. The number of nitrogens with two attached hydrogens (primary N) is 1. The summed E-state index contributed by atoms with van der Waals surface area (Å²) in [7, 11) is 0. The molecule has 1 heterocycles. The first-order valence-corrected chi connectivity index (χ1v) is 9.03. The minimum atomic E-state index is -0.640. The van der Waals surface area contributed by atoms with E-state index < -0.39 is 5.92 Å². The monoisotopic (exact) mass is 405 g/mol. The first kappa shape index (κ1) is 20.3. The van der Waals surface area contributed by atoms with Crippen LogP contribution in [0.1, 0.15) is 25.7 Å². The second kappa shape index (κ2) is 8.58. The van der Waals surface area contributed by atoms with Crippen LogP contribution in [-0.4, -0.2) is 30.9 Å². The number of anilines is 1. The van der Waals surface area contributed by atoms with Gasteiger partial charge < -0.3 is 16.0 Å². The fraction of sp³-hybridized carbons (Fsp3) is 0.529. The second-order valence-electron chi connectivity index (χ2n) is 6.47. The fourth-order valence-electron chi connectivity index (χ4n) is 3.62. The summed E-state index contributed by atoms with van der Waals surface area (Å²) in [5.74, 6) is -0.698. The van der Waals surface area contributed by atoms with Crippen molar-refractivity contribution >= 4 is 53.1 Å². The molecule has 1 aromatic rings. The Morgan fingerprint density at radius 3 is 2.68 bits per heavy atom. The molecule has 1 saturated carbocycles. The minimum Gasteiger partial charge on any atom is -0.352 e. The molecule has 3 atom stereocenters. The number of hydrogen-bond donors (Lipinski definition) is 2. The molecule has 3 rings (SSSR count). The number of carbonyl (C=O) groups excluding carboxylic acids is 2. The van der Waals surface area contributed by atoms with Gasteiger partial charge in [-0.15, -0.1) is 12.4 Å². The number of nitrogens with zero attached hydrogens (tertiary/aromatic N) is 1. The number of benzene rings is 1. The van der Waals surface area contributed by atoms with Gasteiger partial charge in [-0.2, -0.15) is 0 Å². The van der Waals surface area contributed by atoms with Gasteiger partial charge in [0.15, 0.2) is 0 Å². The Morgan fingerprint density at radius 1 is 1.24 bits per heavy atom. The third-order valence-electron chi connectivity index (χ3n) is 5.03. The Morgan fingerprint density at radius 2 is 2.00 bits per heavy atom. The van der Waals surface area contributed by atoms with Crippen molar-refractivity contribution in [3.63, 3.8) is 0 Å². The van der Waals surface area contributed by atoms with E-state index in [-0.39, 0.29) is 30.3 Å². The number of hydrogen-bond acceptors (Lipinski definition) is 3. The van der Waals surface area contributed by atoms with Gasteiger partial charge in [0.2, 0.25) is 11.8 Å². The highest BCUT2D eigenvalue weighted by atomic mass is 35.5. The summed E-state index contributed by atoms with van der Waals surface area (Å²) in [6.45, 7) is 1.07. The largest absolute Gasteiger partial charge is 0.352 e. The molecule has 8 heteroatoms. The summed E-state index contributed by atoms with van der Waals surface area (Å²) >= 11 is 11.9. The average molecular weight is 407 g/mol. The molecule has 5 nitrogen and oxygen atoms in total. The Hall–Kier alpha value is -1.01. The Labute approximate surface area is 163 Å². The van der Waals surface area contributed by atoms with Crippen molar-refractivity contribution < 1.29 is 9.59 Å². The van der Waals surface area contributed by atoms with Crippen LogP contribution in [0.25, 0.3) is 0 Å². The zero-order valence-electron chi connectivity index (χ0n) is 13.7. The molecule has 0 aromatic heterocycles. The third kappa shape index (κ3) is 4.22. The molecule has 1 aliphatic heterocycles. The van der Waals surface area contributed by atoms with Crippen molar-refractivity contribution in [2.75, 3.05) is 18.0 Å². The molecule has 0 bridgehead atoms. The number of halogens is 3. The lowest BCUT2D eigenvalue weighted by molar-refractivity contribution is -0.132. The maximum absolute atomic E-state index is 12.6. The Kier molecular flexibility index (Phi) is 6.97. The molecule has 1 aliphatic carbocycles. The number of rotatable bonds is 4. The Balaban J connectivity index is 0.00000225. The van der Waals surface area contributed by atoms with E-state index in [1.165, 1.54) is 0 Å². The molecule has 2 aliphatic rings. The molecule has 2 fully saturated rings. The average Bonchev–Trinajstić information content (AvgIpc) is 3.16. The second-order valence-corrected chi connectivity index (χ2v) is 7.29. The predicted octanol–water partition coefficient (Wildman–Crippen LogP) is 3.01. The lowest BCUT2D eigenvalue weighted by Gasteiger charge is -2.21. The van der Waals surface area contributed by atoms with E-state index >= 15 is 0 Å². The van der Waals surface area contributed by atoms with Gasteiger partial charge in [0.1, 0.15) is 5.92 Å². The Bertz CT molecular complexity index is 656. The standard InChI is InChI=1S/C17H21Cl2N3O2.ClH/c18-13-5-4-11(8-14(13)19)22-7-6-12(17(22)24)16(23)21-15-3-1-2-10(15)9-20;/h4-5,8,10,12,15H,1-3,6-7,9,20H2,(H,21,23);1H. The van der Waals surface area contributed by atoms with Crippen molar-refractivity contribution in [2.45, 2.75) is 31.7 Å². The first-order valence-electron chi connectivity index (χ1n) is 8.28. The van der Waals surface area contributed by atoms with Crippen molar-refractivity contribution in [2.24, 2.45) is 17.6 Å². The summed E-state index contributed by atoms with van der Waals surface area (Å²) in [6, 6.07) is 5.15. The molecule has 0 radical (unpaired) electrons. The van der Waals surface area contributed by atoms with Crippen LogP contribution < -0.4 is 16.0 Å². The number of nitrogens with one attached hydrogen (secondary N) is 1. The highest BCUT2D eigenvalue weighted by Gasteiger charge is 2.39. The van der Waals surface area contributed by atoms with Gasteiger partial charge in [-0.25, -0.2) is 0 Å². The smallest absolute Gasteiger partial charge is 0.239 e. The van der Waals surface area contributed by atoms with E-state index in [9.17, 15) is 9.59 Å². The molecule has 2 amide bonds. The summed E-state index contributed by atoms with van der Waals surface area (Å²) in [6.07, 6.45) is 3.55. The van der Waals surface area contributed by atoms with Crippen LogP contribution in [0.15, 0.2) is 18.2 Å². The van der Waals surface area contributed by atoms with Crippen LogP contribution in [0.2, 0.25) is 10.0 Å². The zero-order chi connectivity index (χ0) is 17.3. The lowest BCUT2D eigenvalue weighted by Crippen LogP contribution is -2.44. The lowest BCUT2D eigenvalue weighted by atomic mass is 10.0. The van der Waals surface area contributed by atoms with E-state index in [4.69, 9.17) is 28.9 Å². The maximum atomic E-state index is 12.6. The molecule has 1 saturated heterocycles. The SMILES string of the molecule is Cl.NCC1CCCC1NC(=O)C1CCN(c2ccc(Cl)c(Cl)c2)C1=O. The van der Waals surface area contributed by atoms with Crippen molar-refractivity contribution in [1.82, 2.24) is 5.32 Å². The van der Waals surface area contributed by atoms with Gasteiger partial charge in [0.05, 0.1) is 10.0 Å². The van der Waals surface area contributed by atoms with E-state index in [0.29, 0.717) is 41.2 Å². The van der Waals surface area contributed by atoms with E-state index in [1.807, 2.05) is 0 Å². The number of amides is 2. The molecule has 3 unspecified atom stereocenters. The van der Waals surface area contributed by atoms with Crippen LogP contribution in [0.5, 0.6) is 0 Å². The summed E-state index contributed by atoms with van der Waals surface area (Å²) in [5, 5.41) is 3.87. The van der Waals surface area contributed by atoms with Gasteiger partial charge in [-0.1, -0.05) is 29.6 Å². The van der Waals surface area contributed by atoms with Crippen molar-refractivity contribution in [3.8, 4) is 0 Å². The third-order valence-corrected chi connectivity index (χ3v) is 5.77. The van der Waals surface area contributed by atoms with Gasteiger partial charge in [0, 0.05) is 18.3 Å². The van der Waals surface area contributed by atoms with Crippen LogP contribution in [0, 0.1) is 11.8 Å². The van der Waals surface area contributed by atoms with E-state index in [2.05, 4.69) is 5.32 Å². The first-order chi connectivity index (χ1) is 11.5. The summed E-state index contributed by atoms with van der Waals surface area (Å²) in [4.78, 5) is 26.8.